The van der Waals surface area contributed by atoms with Gasteiger partial charge in [0.25, 0.3) is 5.91 Å². The monoisotopic (exact) mass is 513 g/mol. The lowest BCUT2D eigenvalue weighted by Crippen LogP contribution is -2.26. The molecule has 170 valence electrons. The minimum atomic E-state index is -0.391. The van der Waals surface area contributed by atoms with Crippen LogP contribution in [0.1, 0.15) is 22.3 Å². The van der Waals surface area contributed by atoms with E-state index in [1.807, 2.05) is 73.8 Å². The number of aromatic nitrogens is 1. The highest BCUT2D eigenvalue weighted by atomic mass is 79.9. The van der Waals surface area contributed by atoms with Gasteiger partial charge in [0.1, 0.15) is 24.0 Å². The Labute approximate surface area is 207 Å². The molecule has 3 aromatic carbocycles. The molecule has 0 bridgehead atoms. The van der Waals surface area contributed by atoms with Crippen molar-refractivity contribution in [2.45, 2.75) is 20.0 Å². The summed E-state index contributed by atoms with van der Waals surface area (Å²) in [6, 6.07) is 23.7. The summed E-state index contributed by atoms with van der Waals surface area (Å²) in [6.45, 7) is 2.94. The SMILES string of the molecule is Cc1cccc(COc2ccc(/C=C(/C#N)C(=O)NCCc3c[nH]c4ccccc34)cc2Br)c1. The molecule has 4 rings (SSSR count). The van der Waals surface area contributed by atoms with Crippen molar-refractivity contribution >= 4 is 38.8 Å². The molecule has 0 aliphatic heterocycles. The van der Waals surface area contributed by atoms with Crippen molar-refractivity contribution in [2.24, 2.45) is 0 Å². The summed E-state index contributed by atoms with van der Waals surface area (Å²) in [6.07, 6.45) is 4.21. The number of nitriles is 1. The summed E-state index contributed by atoms with van der Waals surface area (Å²) in [5.74, 6) is 0.304. The first kappa shape index (κ1) is 23.3. The number of hydrogen-bond donors (Lipinski definition) is 2. The van der Waals surface area contributed by atoms with E-state index in [4.69, 9.17) is 4.74 Å². The molecule has 1 heterocycles. The van der Waals surface area contributed by atoms with Gasteiger partial charge >= 0.3 is 0 Å². The number of amides is 1. The summed E-state index contributed by atoms with van der Waals surface area (Å²) < 4.78 is 6.67. The number of aromatic amines is 1. The van der Waals surface area contributed by atoms with E-state index in [0.717, 1.165) is 32.1 Å². The number of carbonyl (C=O) groups is 1. The number of carbonyl (C=O) groups excluding carboxylic acids is 1. The standard InChI is InChI=1S/C28H24BrN3O2/c1-19-5-4-6-21(13-19)18-34-27-10-9-20(15-25(27)29)14-23(16-30)28(33)31-12-11-22-17-32-26-8-3-2-7-24(22)26/h2-10,13-15,17,32H,11-12,18H2,1H3,(H,31,33)/b23-14-. The molecule has 0 atom stereocenters. The quantitative estimate of drug-likeness (QED) is 0.221. The van der Waals surface area contributed by atoms with E-state index in [9.17, 15) is 10.1 Å². The first-order valence-electron chi connectivity index (χ1n) is 11.0. The molecule has 0 aliphatic rings. The number of hydrogen-bond acceptors (Lipinski definition) is 3. The number of H-pyrrole nitrogens is 1. The van der Waals surface area contributed by atoms with E-state index in [1.165, 1.54) is 5.56 Å². The highest BCUT2D eigenvalue weighted by molar-refractivity contribution is 9.10. The molecule has 0 radical (unpaired) electrons. The van der Waals surface area contributed by atoms with E-state index in [2.05, 4.69) is 38.4 Å². The molecule has 0 saturated carbocycles. The fraction of sp³-hybridized carbons (Fsp3) is 0.143. The van der Waals surface area contributed by atoms with Crippen LogP contribution in [0, 0.1) is 18.3 Å². The summed E-state index contributed by atoms with van der Waals surface area (Å²) in [4.78, 5) is 15.8. The van der Waals surface area contributed by atoms with Crippen LogP contribution in [-0.4, -0.2) is 17.4 Å². The topological polar surface area (TPSA) is 77.9 Å². The van der Waals surface area contributed by atoms with Crippen molar-refractivity contribution in [2.75, 3.05) is 6.54 Å². The lowest BCUT2D eigenvalue weighted by molar-refractivity contribution is -0.117. The zero-order valence-electron chi connectivity index (χ0n) is 18.8. The second-order valence-corrected chi connectivity index (χ2v) is 8.86. The van der Waals surface area contributed by atoms with E-state index in [-0.39, 0.29) is 5.57 Å². The number of para-hydroxylation sites is 1. The number of nitrogens with one attached hydrogen (secondary N) is 2. The summed E-state index contributed by atoms with van der Waals surface area (Å²) in [5, 5.41) is 13.5. The highest BCUT2D eigenvalue weighted by Gasteiger charge is 2.11. The fourth-order valence-corrected chi connectivity index (χ4v) is 4.26. The van der Waals surface area contributed by atoms with Crippen molar-refractivity contribution in [3.05, 3.63) is 105 Å². The molecule has 5 nitrogen and oxygen atoms in total. The van der Waals surface area contributed by atoms with Gasteiger partial charge < -0.3 is 15.0 Å². The maximum absolute atomic E-state index is 12.6. The molecule has 2 N–H and O–H groups in total. The largest absolute Gasteiger partial charge is 0.488 e. The number of rotatable bonds is 8. The zero-order valence-corrected chi connectivity index (χ0v) is 20.4. The number of ether oxygens (including phenoxy) is 1. The number of halogens is 1. The van der Waals surface area contributed by atoms with Gasteiger partial charge in [-0.05, 0) is 70.2 Å². The van der Waals surface area contributed by atoms with Crippen LogP contribution >= 0.6 is 15.9 Å². The summed E-state index contributed by atoms with van der Waals surface area (Å²) in [5.41, 5.74) is 5.26. The van der Waals surface area contributed by atoms with E-state index in [1.54, 1.807) is 6.08 Å². The molecule has 0 spiro atoms. The van der Waals surface area contributed by atoms with Gasteiger partial charge in [0.05, 0.1) is 4.47 Å². The first-order valence-corrected chi connectivity index (χ1v) is 11.8. The minimum absolute atomic E-state index is 0.0549. The molecular formula is C28H24BrN3O2. The average molecular weight is 514 g/mol. The van der Waals surface area contributed by atoms with Gasteiger partial charge in [-0.3, -0.25) is 4.79 Å². The molecule has 1 amide bonds. The smallest absolute Gasteiger partial charge is 0.261 e. The third-order valence-corrected chi connectivity index (χ3v) is 6.08. The lowest BCUT2D eigenvalue weighted by Gasteiger charge is -2.10. The van der Waals surface area contributed by atoms with Crippen LogP contribution in [0.3, 0.4) is 0 Å². The van der Waals surface area contributed by atoms with Crippen molar-refractivity contribution < 1.29 is 9.53 Å². The minimum Gasteiger partial charge on any atom is -0.488 e. The van der Waals surface area contributed by atoms with Gasteiger partial charge in [-0.15, -0.1) is 0 Å². The van der Waals surface area contributed by atoms with Gasteiger partial charge in [-0.25, -0.2) is 0 Å². The Morgan fingerprint density at radius 1 is 1.15 bits per heavy atom. The second-order valence-electron chi connectivity index (χ2n) is 8.00. The maximum Gasteiger partial charge on any atom is 0.261 e. The van der Waals surface area contributed by atoms with Crippen molar-refractivity contribution in [3.63, 3.8) is 0 Å². The summed E-state index contributed by atoms with van der Waals surface area (Å²) >= 11 is 3.53. The van der Waals surface area contributed by atoms with E-state index in [0.29, 0.717) is 25.3 Å². The van der Waals surface area contributed by atoms with Crippen LogP contribution in [0.25, 0.3) is 17.0 Å². The Morgan fingerprint density at radius 3 is 2.79 bits per heavy atom. The van der Waals surface area contributed by atoms with Crippen LogP contribution in [0.2, 0.25) is 0 Å². The fourth-order valence-electron chi connectivity index (χ4n) is 3.75. The molecule has 34 heavy (non-hydrogen) atoms. The zero-order chi connectivity index (χ0) is 23.9. The molecule has 4 aromatic rings. The predicted octanol–water partition coefficient (Wildman–Crippen LogP) is 6.08. The Bertz CT molecular complexity index is 1400. The third-order valence-electron chi connectivity index (χ3n) is 5.46. The molecule has 1 aromatic heterocycles. The molecule has 6 heteroatoms. The van der Waals surface area contributed by atoms with E-state index >= 15 is 0 Å². The maximum atomic E-state index is 12.6. The van der Waals surface area contributed by atoms with Crippen molar-refractivity contribution in [3.8, 4) is 11.8 Å². The van der Waals surface area contributed by atoms with Crippen LogP contribution in [-0.2, 0) is 17.8 Å². The van der Waals surface area contributed by atoms with Gasteiger partial charge in [0.15, 0.2) is 0 Å². The normalized spacial score (nSPS) is 11.3. The van der Waals surface area contributed by atoms with Gasteiger partial charge in [0, 0.05) is 23.6 Å². The molecule has 0 unspecified atom stereocenters. The predicted molar refractivity (Wildman–Crippen MR) is 138 cm³/mol. The van der Waals surface area contributed by atoms with Gasteiger partial charge in [-0.2, -0.15) is 5.26 Å². The second kappa shape index (κ2) is 10.9. The third kappa shape index (κ3) is 5.75. The Morgan fingerprint density at radius 2 is 2.00 bits per heavy atom. The van der Waals surface area contributed by atoms with Crippen molar-refractivity contribution in [1.29, 1.82) is 5.26 Å². The molecule has 0 aliphatic carbocycles. The van der Waals surface area contributed by atoms with Crippen molar-refractivity contribution in [1.82, 2.24) is 10.3 Å². The summed E-state index contributed by atoms with van der Waals surface area (Å²) in [7, 11) is 0. The Kier molecular flexibility index (Phi) is 7.46. The number of fused-ring (bicyclic) bond motifs is 1. The Balaban J connectivity index is 1.36. The molecule has 0 fully saturated rings. The van der Waals surface area contributed by atoms with Gasteiger partial charge in [-0.1, -0.05) is 54.1 Å². The lowest BCUT2D eigenvalue weighted by atomic mass is 10.1. The van der Waals surface area contributed by atoms with Crippen LogP contribution in [0.15, 0.2) is 83.0 Å². The van der Waals surface area contributed by atoms with E-state index < -0.39 is 5.91 Å². The molecule has 0 saturated heterocycles. The Hall–Kier alpha value is -3.82. The van der Waals surface area contributed by atoms with Crippen LogP contribution < -0.4 is 10.1 Å². The number of nitrogens with zero attached hydrogens (tertiary/aromatic N) is 1. The van der Waals surface area contributed by atoms with Gasteiger partial charge in [0.2, 0.25) is 0 Å². The number of benzene rings is 3. The van der Waals surface area contributed by atoms with Crippen LogP contribution in [0.4, 0.5) is 0 Å². The highest BCUT2D eigenvalue weighted by Crippen LogP contribution is 2.28. The molecular weight excluding hydrogens is 490 g/mol. The number of aryl methyl sites for hydroxylation is 1. The average Bonchev–Trinajstić information content (AvgIpc) is 3.25. The first-order chi connectivity index (χ1) is 16.5. The van der Waals surface area contributed by atoms with Crippen LogP contribution in [0.5, 0.6) is 5.75 Å².